The van der Waals surface area contributed by atoms with E-state index in [0.29, 0.717) is 18.7 Å². The summed E-state index contributed by atoms with van der Waals surface area (Å²) in [7, 11) is 0. The lowest BCUT2D eigenvalue weighted by atomic mass is 9.87. The Labute approximate surface area is 168 Å². The molecule has 0 aliphatic heterocycles. The number of hydrogen-bond acceptors (Lipinski definition) is 3. The van der Waals surface area contributed by atoms with Crippen molar-refractivity contribution >= 4 is 16.8 Å². The highest BCUT2D eigenvalue weighted by molar-refractivity contribution is 5.82. The van der Waals surface area contributed by atoms with Crippen LogP contribution in [0.4, 0.5) is 0 Å². The molecule has 0 aliphatic carbocycles. The Kier molecular flexibility index (Phi) is 6.68. The molecule has 5 heteroatoms. The Bertz CT molecular complexity index is 885. The summed E-state index contributed by atoms with van der Waals surface area (Å²) in [4.78, 5) is 32.5. The van der Waals surface area contributed by atoms with Crippen LogP contribution in [-0.2, 0) is 16.8 Å². The zero-order valence-electron chi connectivity index (χ0n) is 18.5. The Morgan fingerprint density at radius 2 is 1.82 bits per heavy atom. The fourth-order valence-electron chi connectivity index (χ4n) is 3.26. The minimum Gasteiger partial charge on any atom is -0.341 e. The predicted octanol–water partition coefficient (Wildman–Crippen LogP) is 4.37. The van der Waals surface area contributed by atoms with Crippen LogP contribution in [0, 0.1) is 5.41 Å². The van der Waals surface area contributed by atoms with Crippen LogP contribution >= 0.6 is 0 Å². The van der Waals surface area contributed by atoms with E-state index in [2.05, 4.69) is 32.7 Å². The van der Waals surface area contributed by atoms with Crippen molar-refractivity contribution in [1.29, 1.82) is 0 Å². The molecule has 0 spiro atoms. The van der Waals surface area contributed by atoms with Crippen molar-refractivity contribution in [2.45, 2.75) is 73.3 Å². The molecule has 2 heterocycles. The Morgan fingerprint density at radius 3 is 2.39 bits per heavy atom. The second-order valence-corrected chi connectivity index (χ2v) is 9.83. The highest BCUT2D eigenvalue weighted by Gasteiger charge is 2.23. The van der Waals surface area contributed by atoms with E-state index >= 15 is 0 Å². The second kappa shape index (κ2) is 8.46. The number of pyridine rings is 2. The molecule has 0 atom stereocenters. The summed E-state index contributed by atoms with van der Waals surface area (Å²) >= 11 is 0. The van der Waals surface area contributed by atoms with Gasteiger partial charge in [0.25, 0.3) is 5.56 Å². The van der Waals surface area contributed by atoms with Gasteiger partial charge in [0.2, 0.25) is 5.91 Å². The molecule has 0 saturated carbocycles. The largest absolute Gasteiger partial charge is 0.341 e. The Balaban J connectivity index is 2.44. The van der Waals surface area contributed by atoms with Crippen molar-refractivity contribution < 1.29 is 4.79 Å². The number of carbonyl (C=O) groups is 1. The van der Waals surface area contributed by atoms with Gasteiger partial charge in [0.05, 0.1) is 5.52 Å². The van der Waals surface area contributed by atoms with Crippen molar-refractivity contribution in [1.82, 2.24) is 14.5 Å². The molecule has 5 nitrogen and oxygen atoms in total. The number of nitrogens with zero attached hydrogens (tertiary/aromatic N) is 3. The number of amides is 1. The van der Waals surface area contributed by atoms with Crippen molar-refractivity contribution in [3.8, 4) is 0 Å². The van der Waals surface area contributed by atoms with Gasteiger partial charge < -0.3 is 4.90 Å². The molecule has 0 saturated heterocycles. The van der Waals surface area contributed by atoms with E-state index in [0.717, 1.165) is 23.7 Å². The molecule has 0 aromatic carbocycles. The van der Waals surface area contributed by atoms with Crippen LogP contribution in [0.25, 0.3) is 10.9 Å². The van der Waals surface area contributed by atoms with E-state index in [1.807, 2.05) is 37.8 Å². The van der Waals surface area contributed by atoms with E-state index in [1.54, 1.807) is 17.0 Å². The Morgan fingerprint density at radius 1 is 1.14 bits per heavy atom. The van der Waals surface area contributed by atoms with E-state index in [9.17, 15) is 9.59 Å². The summed E-state index contributed by atoms with van der Waals surface area (Å²) in [6, 6.07) is 3.73. The zero-order chi connectivity index (χ0) is 21.1. The van der Waals surface area contributed by atoms with E-state index in [4.69, 9.17) is 0 Å². The highest BCUT2D eigenvalue weighted by atomic mass is 16.2. The quantitative estimate of drug-likeness (QED) is 0.742. The van der Waals surface area contributed by atoms with Gasteiger partial charge in [-0.15, -0.1) is 0 Å². The second-order valence-electron chi connectivity index (χ2n) is 9.83. The van der Waals surface area contributed by atoms with Crippen molar-refractivity contribution in [2.24, 2.45) is 5.41 Å². The SMILES string of the molecule is CCCN(CCC(C)(C)C)C(=O)Cn1c(=O)c(C(C)(C)C)cc2cnccc21. The first-order valence-corrected chi connectivity index (χ1v) is 10.2. The molecule has 0 bridgehead atoms. The fraction of sp³-hybridized carbons (Fsp3) is 0.609. The first kappa shape index (κ1) is 22.1. The number of fused-ring (bicyclic) bond motifs is 1. The summed E-state index contributed by atoms with van der Waals surface area (Å²) in [6.07, 6.45) is 5.26. The number of rotatable bonds is 6. The van der Waals surface area contributed by atoms with Gasteiger partial charge in [-0.1, -0.05) is 48.5 Å². The third kappa shape index (κ3) is 5.43. The molecule has 0 aliphatic rings. The first-order valence-electron chi connectivity index (χ1n) is 10.2. The maximum atomic E-state index is 13.2. The lowest BCUT2D eigenvalue weighted by molar-refractivity contribution is -0.132. The van der Waals surface area contributed by atoms with Crippen molar-refractivity contribution in [2.75, 3.05) is 13.1 Å². The number of hydrogen-bond donors (Lipinski definition) is 0. The molecule has 2 aromatic heterocycles. The summed E-state index contributed by atoms with van der Waals surface area (Å²) in [6.45, 7) is 16.2. The van der Waals surface area contributed by atoms with E-state index in [1.165, 1.54) is 0 Å². The van der Waals surface area contributed by atoms with Gasteiger partial charge in [-0.3, -0.25) is 19.1 Å². The third-order valence-electron chi connectivity index (χ3n) is 4.97. The van der Waals surface area contributed by atoms with E-state index < -0.39 is 0 Å². The maximum Gasteiger partial charge on any atom is 0.255 e. The lowest BCUT2D eigenvalue weighted by Gasteiger charge is -2.28. The molecular formula is C23H35N3O2. The minimum atomic E-state index is -0.304. The highest BCUT2D eigenvalue weighted by Crippen LogP contribution is 2.23. The van der Waals surface area contributed by atoms with Crippen LogP contribution in [0.1, 0.15) is 66.9 Å². The van der Waals surface area contributed by atoms with Gasteiger partial charge >= 0.3 is 0 Å². The van der Waals surface area contributed by atoms with Crippen LogP contribution < -0.4 is 5.56 Å². The van der Waals surface area contributed by atoms with Gasteiger partial charge in [0.1, 0.15) is 6.54 Å². The molecule has 0 unspecified atom stereocenters. The van der Waals surface area contributed by atoms with Gasteiger partial charge in [-0.2, -0.15) is 0 Å². The molecule has 154 valence electrons. The maximum absolute atomic E-state index is 13.2. The average molecular weight is 386 g/mol. The van der Waals surface area contributed by atoms with Gasteiger partial charge in [0, 0.05) is 36.4 Å². The number of aromatic nitrogens is 2. The third-order valence-corrected chi connectivity index (χ3v) is 4.97. The smallest absolute Gasteiger partial charge is 0.255 e. The molecule has 0 radical (unpaired) electrons. The lowest BCUT2D eigenvalue weighted by Crippen LogP contribution is -2.40. The van der Waals surface area contributed by atoms with Crippen LogP contribution in [-0.4, -0.2) is 33.4 Å². The van der Waals surface area contributed by atoms with Gasteiger partial charge in [-0.05, 0) is 35.8 Å². The zero-order valence-corrected chi connectivity index (χ0v) is 18.5. The summed E-state index contributed by atoms with van der Waals surface area (Å²) < 4.78 is 1.62. The molecule has 28 heavy (non-hydrogen) atoms. The normalized spacial score (nSPS) is 12.4. The Hall–Kier alpha value is -2.17. The molecule has 0 N–H and O–H groups in total. The molecule has 2 rings (SSSR count). The summed E-state index contributed by atoms with van der Waals surface area (Å²) in [5, 5.41) is 0.886. The predicted molar refractivity (Wildman–Crippen MR) is 116 cm³/mol. The average Bonchev–Trinajstić information content (AvgIpc) is 2.58. The van der Waals surface area contributed by atoms with Crippen molar-refractivity contribution in [3.05, 3.63) is 40.4 Å². The van der Waals surface area contributed by atoms with Crippen LogP contribution in [0.3, 0.4) is 0 Å². The van der Waals surface area contributed by atoms with Gasteiger partial charge in [-0.25, -0.2) is 0 Å². The first-order chi connectivity index (χ1) is 12.9. The van der Waals surface area contributed by atoms with Crippen molar-refractivity contribution in [3.63, 3.8) is 0 Å². The molecular weight excluding hydrogens is 350 g/mol. The number of carbonyl (C=O) groups excluding carboxylic acids is 1. The minimum absolute atomic E-state index is 0.00243. The topological polar surface area (TPSA) is 55.2 Å². The molecule has 0 fully saturated rings. The summed E-state index contributed by atoms with van der Waals surface area (Å²) in [5.74, 6) is -0.00243. The fourth-order valence-corrected chi connectivity index (χ4v) is 3.26. The summed E-state index contributed by atoms with van der Waals surface area (Å²) in [5.41, 5.74) is 1.23. The van der Waals surface area contributed by atoms with Gasteiger partial charge in [0.15, 0.2) is 0 Å². The van der Waals surface area contributed by atoms with E-state index in [-0.39, 0.29) is 28.8 Å². The van der Waals surface area contributed by atoms with Crippen LogP contribution in [0.15, 0.2) is 29.3 Å². The van der Waals surface area contributed by atoms with Crippen LogP contribution in [0.5, 0.6) is 0 Å². The molecule has 2 aromatic rings. The monoisotopic (exact) mass is 385 g/mol. The standard InChI is InChI=1S/C23H35N3O2/c1-8-12-25(13-10-22(2,3)4)20(27)16-26-19-9-11-24-15-17(19)14-18(21(26)28)23(5,6)7/h9,11,14-15H,8,10,12-13,16H2,1-7H3. The molecule has 1 amide bonds. The van der Waals surface area contributed by atoms with Crippen LogP contribution in [0.2, 0.25) is 0 Å².